The highest BCUT2D eigenvalue weighted by Crippen LogP contribution is 2.22. The van der Waals surface area contributed by atoms with Gasteiger partial charge in [-0.05, 0) is 53.9 Å². The molecule has 0 bridgehead atoms. The zero-order chi connectivity index (χ0) is 20.6. The van der Waals surface area contributed by atoms with Crippen molar-refractivity contribution in [2.24, 2.45) is 10.9 Å². The zero-order valence-electron chi connectivity index (χ0n) is 17.4. The van der Waals surface area contributed by atoms with Gasteiger partial charge >= 0.3 is 0 Å². The Labute approximate surface area is 194 Å². The van der Waals surface area contributed by atoms with E-state index >= 15 is 0 Å². The van der Waals surface area contributed by atoms with Gasteiger partial charge in [-0.1, -0.05) is 26.0 Å². The Hall–Kier alpha value is -1.65. The van der Waals surface area contributed by atoms with Gasteiger partial charge in [0.25, 0.3) is 0 Å². The van der Waals surface area contributed by atoms with Crippen molar-refractivity contribution in [3.8, 4) is 0 Å². The molecule has 160 valence electrons. The molecule has 0 aliphatic heterocycles. The molecule has 1 aromatic heterocycles. The van der Waals surface area contributed by atoms with Gasteiger partial charge in [-0.2, -0.15) is 11.3 Å². The molecule has 1 amide bonds. The third-order valence-electron chi connectivity index (χ3n) is 4.25. The van der Waals surface area contributed by atoms with Crippen LogP contribution in [0.4, 0.5) is 5.69 Å². The van der Waals surface area contributed by atoms with Crippen LogP contribution in [-0.2, 0) is 16.9 Å². The van der Waals surface area contributed by atoms with Gasteiger partial charge in [-0.15, -0.1) is 24.0 Å². The molecule has 4 N–H and O–H groups in total. The number of rotatable bonds is 8. The van der Waals surface area contributed by atoms with Crippen molar-refractivity contribution in [2.45, 2.75) is 39.8 Å². The van der Waals surface area contributed by atoms with Gasteiger partial charge in [0.2, 0.25) is 5.91 Å². The first-order chi connectivity index (χ1) is 13.3. The van der Waals surface area contributed by atoms with E-state index in [2.05, 4.69) is 20.9 Å². The monoisotopic (exact) mass is 530 g/mol. The summed E-state index contributed by atoms with van der Waals surface area (Å²) in [5, 5.41) is 23.8. The zero-order valence-corrected chi connectivity index (χ0v) is 20.5. The highest BCUT2D eigenvalue weighted by Gasteiger charge is 2.23. The smallest absolute Gasteiger partial charge is 0.226 e. The van der Waals surface area contributed by atoms with Gasteiger partial charge in [0.1, 0.15) is 5.60 Å². The van der Waals surface area contributed by atoms with Crippen LogP contribution in [0.5, 0.6) is 0 Å². The summed E-state index contributed by atoms with van der Waals surface area (Å²) in [4.78, 5) is 16.3. The van der Waals surface area contributed by atoms with Crippen LogP contribution in [0.2, 0.25) is 0 Å². The van der Waals surface area contributed by atoms with Crippen LogP contribution in [0.3, 0.4) is 0 Å². The van der Waals surface area contributed by atoms with Crippen molar-refractivity contribution in [3.63, 3.8) is 0 Å². The van der Waals surface area contributed by atoms with Crippen molar-refractivity contribution < 1.29 is 9.90 Å². The van der Waals surface area contributed by atoms with E-state index in [0.717, 1.165) is 23.4 Å². The van der Waals surface area contributed by atoms with Crippen LogP contribution in [0.15, 0.2) is 46.1 Å². The number of carbonyl (C=O) groups is 1. The highest BCUT2D eigenvalue weighted by molar-refractivity contribution is 14.0. The Bertz CT molecular complexity index is 774. The number of thiophene rings is 1. The van der Waals surface area contributed by atoms with Crippen molar-refractivity contribution in [2.75, 3.05) is 18.4 Å². The Kier molecular flexibility index (Phi) is 10.6. The van der Waals surface area contributed by atoms with Gasteiger partial charge in [-0.25, -0.2) is 4.99 Å². The number of aliphatic hydroxyl groups is 1. The topological polar surface area (TPSA) is 85.8 Å². The van der Waals surface area contributed by atoms with Gasteiger partial charge in [0.05, 0.1) is 13.1 Å². The average molecular weight is 530 g/mol. The molecule has 0 aliphatic carbocycles. The summed E-state index contributed by atoms with van der Waals surface area (Å²) in [6, 6.07) is 9.59. The Morgan fingerprint density at radius 3 is 2.45 bits per heavy atom. The number of aliphatic imine (C=N–C) groups is 1. The summed E-state index contributed by atoms with van der Waals surface area (Å²) in [5.74, 6) is 0.599. The van der Waals surface area contributed by atoms with Crippen LogP contribution in [0.1, 0.15) is 38.8 Å². The average Bonchev–Trinajstić information content (AvgIpc) is 3.21. The normalized spacial score (nSPS) is 13.4. The SMILES string of the molecule is CCNC(=NCc1ccc(NC(=O)C(C)C)cc1)NCC(C)(O)c1ccsc1.I. The number of hydrogen-bond acceptors (Lipinski definition) is 4. The van der Waals surface area contributed by atoms with Crippen LogP contribution >= 0.6 is 35.3 Å². The number of guanidine groups is 1. The molecule has 0 aliphatic rings. The maximum atomic E-state index is 11.8. The summed E-state index contributed by atoms with van der Waals surface area (Å²) in [6.45, 7) is 9.10. The number of hydrogen-bond donors (Lipinski definition) is 4. The van der Waals surface area contributed by atoms with Gasteiger partial charge in [0.15, 0.2) is 5.96 Å². The number of nitrogens with one attached hydrogen (secondary N) is 3. The predicted molar refractivity (Wildman–Crippen MR) is 132 cm³/mol. The second-order valence-electron chi connectivity index (χ2n) is 7.18. The van der Waals surface area contributed by atoms with E-state index in [-0.39, 0.29) is 35.8 Å². The Morgan fingerprint density at radius 1 is 1.21 bits per heavy atom. The van der Waals surface area contributed by atoms with E-state index < -0.39 is 5.60 Å². The molecular weight excluding hydrogens is 499 g/mol. The molecule has 0 spiro atoms. The van der Waals surface area contributed by atoms with Crippen molar-refractivity contribution in [3.05, 3.63) is 52.2 Å². The predicted octanol–water partition coefficient (Wildman–Crippen LogP) is 3.92. The molecule has 1 aromatic carbocycles. The summed E-state index contributed by atoms with van der Waals surface area (Å²) in [6.07, 6.45) is 0. The standard InChI is InChI=1S/C21H30N4O2S.HI/c1-5-22-20(24-14-21(4,27)17-10-11-28-13-17)23-12-16-6-8-18(9-7-16)25-19(26)15(2)3;/h6-11,13,15,27H,5,12,14H2,1-4H3,(H,25,26)(H2,22,23,24);1H. The van der Waals surface area contributed by atoms with Crippen molar-refractivity contribution in [1.82, 2.24) is 10.6 Å². The second-order valence-corrected chi connectivity index (χ2v) is 7.96. The summed E-state index contributed by atoms with van der Waals surface area (Å²) in [5.41, 5.74) is 1.74. The van der Waals surface area contributed by atoms with E-state index in [0.29, 0.717) is 19.0 Å². The minimum Gasteiger partial charge on any atom is -0.384 e. The molecule has 0 radical (unpaired) electrons. The van der Waals surface area contributed by atoms with Crippen molar-refractivity contribution >= 4 is 52.9 Å². The summed E-state index contributed by atoms with van der Waals surface area (Å²) < 4.78 is 0. The first-order valence-electron chi connectivity index (χ1n) is 9.49. The molecule has 2 rings (SSSR count). The fourth-order valence-electron chi connectivity index (χ4n) is 2.42. The fourth-order valence-corrected chi connectivity index (χ4v) is 3.20. The van der Waals surface area contributed by atoms with Gasteiger partial charge < -0.3 is 21.1 Å². The number of halogens is 1. The lowest BCUT2D eigenvalue weighted by Gasteiger charge is -2.24. The molecule has 1 atom stereocenters. The lowest BCUT2D eigenvalue weighted by Crippen LogP contribution is -2.44. The molecule has 2 aromatic rings. The number of carbonyl (C=O) groups excluding carboxylic acids is 1. The van der Waals surface area contributed by atoms with E-state index in [1.165, 1.54) is 0 Å². The maximum Gasteiger partial charge on any atom is 0.226 e. The van der Waals surface area contributed by atoms with Crippen LogP contribution < -0.4 is 16.0 Å². The fraction of sp³-hybridized carbons (Fsp3) is 0.429. The summed E-state index contributed by atoms with van der Waals surface area (Å²) in [7, 11) is 0. The Morgan fingerprint density at radius 2 is 1.90 bits per heavy atom. The number of benzene rings is 1. The van der Waals surface area contributed by atoms with Gasteiger partial charge in [-0.3, -0.25) is 4.79 Å². The lowest BCUT2D eigenvalue weighted by molar-refractivity contribution is -0.118. The molecule has 0 fully saturated rings. The molecule has 1 heterocycles. The molecule has 0 saturated heterocycles. The van der Waals surface area contributed by atoms with Gasteiger partial charge in [0, 0.05) is 18.2 Å². The highest BCUT2D eigenvalue weighted by atomic mass is 127. The van der Waals surface area contributed by atoms with Crippen LogP contribution in [0, 0.1) is 5.92 Å². The van der Waals surface area contributed by atoms with E-state index in [1.807, 2.05) is 61.9 Å². The van der Waals surface area contributed by atoms with E-state index in [1.54, 1.807) is 18.3 Å². The van der Waals surface area contributed by atoms with E-state index in [9.17, 15) is 9.90 Å². The van der Waals surface area contributed by atoms with Crippen LogP contribution in [0.25, 0.3) is 0 Å². The Balaban J connectivity index is 0.00000420. The first kappa shape index (κ1) is 25.4. The largest absolute Gasteiger partial charge is 0.384 e. The van der Waals surface area contributed by atoms with E-state index in [4.69, 9.17) is 0 Å². The molecule has 8 heteroatoms. The maximum absolute atomic E-state index is 11.8. The van der Waals surface area contributed by atoms with Crippen molar-refractivity contribution in [1.29, 1.82) is 0 Å². The molecule has 29 heavy (non-hydrogen) atoms. The molecule has 0 saturated carbocycles. The number of amides is 1. The minimum atomic E-state index is -0.966. The molecule has 1 unspecified atom stereocenters. The first-order valence-corrected chi connectivity index (χ1v) is 10.4. The number of anilines is 1. The molecular formula is C21H31IN4O2S. The lowest BCUT2D eigenvalue weighted by atomic mass is 9.99. The molecule has 6 nitrogen and oxygen atoms in total. The quantitative estimate of drug-likeness (QED) is 0.237. The minimum absolute atomic E-state index is 0. The third kappa shape index (κ3) is 8.31. The second kappa shape index (κ2) is 12.1. The third-order valence-corrected chi connectivity index (χ3v) is 4.94. The summed E-state index contributed by atoms with van der Waals surface area (Å²) >= 11 is 1.56. The number of nitrogens with zero attached hydrogens (tertiary/aromatic N) is 1. The van der Waals surface area contributed by atoms with Crippen LogP contribution in [-0.4, -0.2) is 30.1 Å².